The summed E-state index contributed by atoms with van der Waals surface area (Å²) in [5.74, 6) is 0.293. The number of carbonyl (C=O) groups excluding carboxylic acids is 1. The minimum atomic E-state index is -4.91. The lowest BCUT2D eigenvalue weighted by molar-refractivity contribution is 0.0214. The summed E-state index contributed by atoms with van der Waals surface area (Å²) in [5, 5.41) is 0. The van der Waals surface area contributed by atoms with E-state index in [4.69, 9.17) is 4.74 Å². The number of hydrogen-bond donors (Lipinski definition) is 0. The smallest absolute Gasteiger partial charge is 0.445 e. The van der Waals surface area contributed by atoms with Gasteiger partial charge in [0, 0.05) is 13.1 Å². The van der Waals surface area contributed by atoms with Crippen LogP contribution in [0, 0.1) is 0 Å². The maximum absolute atomic E-state index is 12.0. The fourth-order valence-corrected chi connectivity index (χ4v) is 1.27. The minimum absolute atomic E-state index is 0.0101. The number of amides is 1. The van der Waals surface area contributed by atoms with Crippen LogP contribution in [0.5, 0.6) is 0 Å². The fraction of sp³-hybridized carbons (Fsp3) is 0.667. The first-order valence-electron chi connectivity index (χ1n) is 4.95. The van der Waals surface area contributed by atoms with Gasteiger partial charge < -0.3 is 22.6 Å². The van der Waals surface area contributed by atoms with Crippen molar-refractivity contribution in [3.05, 3.63) is 11.5 Å². The van der Waals surface area contributed by atoms with Crippen LogP contribution >= 0.6 is 0 Å². The molecule has 0 aliphatic carbocycles. The molecule has 7 heteroatoms. The maximum Gasteiger partial charge on any atom is 0.502 e. The molecule has 1 heterocycles. The van der Waals surface area contributed by atoms with Crippen LogP contribution < -0.4 is 0 Å². The molecule has 0 atom stereocenters. The number of nitrogens with zero attached hydrogens (tertiary/aromatic N) is 1. The number of carbonyl (C=O) groups is 1. The van der Waals surface area contributed by atoms with E-state index in [9.17, 15) is 17.7 Å². The summed E-state index contributed by atoms with van der Waals surface area (Å²) in [5.41, 5.74) is -0.400. The van der Waals surface area contributed by atoms with Crippen molar-refractivity contribution in [2.45, 2.75) is 26.4 Å². The molecule has 16 heavy (non-hydrogen) atoms. The molecule has 0 aromatic heterocycles. The third-order valence-electron chi connectivity index (χ3n) is 1.86. The molecule has 0 saturated carbocycles. The Hall–Kier alpha value is -1.14. The zero-order valence-corrected chi connectivity index (χ0v) is 9.47. The third-order valence-corrected chi connectivity index (χ3v) is 1.86. The highest BCUT2D eigenvalue weighted by Gasteiger charge is 2.31. The van der Waals surface area contributed by atoms with E-state index in [1.807, 2.05) is 0 Å². The SMILES string of the molecule is CC(C)(C)OC(=O)N1CC(=C[B-](F)(F)F)C1. The highest BCUT2D eigenvalue weighted by molar-refractivity contribution is 6.64. The lowest BCUT2D eigenvalue weighted by atomic mass is 9.86. The van der Waals surface area contributed by atoms with Gasteiger partial charge in [0.25, 0.3) is 0 Å². The Bertz CT molecular complexity index is 312. The summed E-state index contributed by atoms with van der Waals surface area (Å²) < 4.78 is 40.9. The third kappa shape index (κ3) is 4.16. The fourth-order valence-electron chi connectivity index (χ4n) is 1.27. The molecule has 0 radical (unpaired) electrons. The van der Waals surface area contributed by atoms with Gasteiger partial charge in [0.1, 0.15) is 5.60 Å². The van der Waals surface area contributed by atoms with Gasteiger partial charge in [-0.2, -0.15) is 0 Å². The summed E-state index contributed by atoms with van der Waals surface area (Å²) in [6.45, 7) is 0.236. The van der Waals surface area contributed by atoms with E-state index in [1.165, 1.54) is 4.90 Å². The molecular formula is C9H14BF3NO2-. The monoisotopic (exact) mass is 236 g/mol. The van der Waals surface area contributed by atoms with Gasteiger partial charge in [-0.05, 0) is 20.8 Å². The van der Waals surface area contributed by atoms with Crippen molar-refractivity contribution >= 4 is 13.1 Å². The van der Waals surface area contributed by atoms with Crippen molar-refractivity contribution in [3.63, 3.8) is 0 Å². The topological polar surface area (TPSA) is 29.5 Å². The highest BCUT2D eigenvalue weighted by Crippen LogP contribution is 2.22. The normalized spacial score (nSPS) is 16.9. The first kappa shape index (κ1) is 12.9. The van der Waals surface area contributed by atoms with E-state index >= 15 is 0 Å². The van der Waals surface area contributed by atoms with Crippen LogP contribution in [0.2, 0.25) is 0 Å². The molecule has 3 nitrogen and oxygen atoms in total. The van der Waals surface area contributed by atoms with Gasteiger partial charge in [0.05, 0.1) is 0 Å². The molecule has 1 saturated heterocycles. The van der Waals surface area contributed by atoms with Crippen LogP contribution in [-0.2, 0) is 4.74 Å². The molecule has 0 bridgehead atoms. The minimum Gasteiger partial charge on any atom is -0.445 e. The first-order valence-corrected chi connectivity index (χ1v) is 4.95. The number of rotatable bonds is 1. The molecule has 1 fully saturated rings. The van der Waals surface area contributed by atoms with E-state index in [2.05, 4.69) is 0 Å². The van der Waals surface area contributed by atoms with Gasteiger partial charge in [-0.15, -0.1) is 5.98 Å². The molecule has 0 spiro atoms. The average Bonchev–Trinajstić information content (AvgIpc) is 1.89. The molecule has 1 rings (SSSR count). The Morgan fingerprint density at radius 1 is 1.38 bits per heavy atom. The van der Waals surface area contributed by atoms with E-state index in [-0.39, 0.29) is 18.7 Å². The van der Waals surface area contributed by atoms with Crippen LogP contribution in [0.3, 0.4) is 0 Å². The quantitative estimate of drug-likeness (QED) is 0.654. The predicted octanol–water partition coefficient (Wildman–Crippen LogP) is 2.55. The molecular weight excluding hydrogens is 222 g/mol. The lowest BCUT2D eigenvalue weighted by Crippen LogP contribution is -2.47. The maximum atomic E-state index is 12.0. The van der Waals surface area contributed by atoms with Crippen molar-refractivity contribution in [1.82, 2.24) is 4.90 Å². The van der Waals surface area contributed by atoms with Crippen LogP contribution in [0.15, 0.2) is 11.5 Å². The Balaban J connectivity index is 2.42. The molecule has 0 unspecified atom stereocenters. The Morgan fingerprint density at radius 3 is 2.25 bits per heavy atom. The second-order valence-electron chi connectivity index (χ2n) is 4.79. The van der Waals surface area contributed by atoms with Crippen LogP contribution in [0.4, 0.5) is 17.7 Å². The summed E-state index contributed by atoms with van der Waals surface area (Å²) in [6.07, 6.45) is -0.570. The number of likely N-dealkylation sites (tertiary alicyclic amines) is 1. The number of hydrogen-bond acceptors (Lipinski definition) is 2. The number of ether oxygens (including phenoxy) is 1. The summed E-state index contributed by atoms with van der Waals surface area (Å²) in [4.78, 5) is 12.6. The highest BCUT2D eigenvalue weighted by atomic mass is 19.4. The van der Waals surface area contributed by atoms with Crippen molar-refractivity contribution in [1.29, 1.82) is 0 Å². The van der Waals surface area contributed by atoms with Crippen molar-refractivity contribution in [2.75, 3.05) is 13.1 Å². The van der Waals surface area contributed by atoms with Crippen molar-refractivity contribution < 1.29 is 22.5 Å². The van der Waals surface area contributed by atoms with E-state index in [1.54, 1.807) is 20.8 Å². The van der Waals surface area contributed by atoms with E-state index in [0.29, 0.717) is 5.98 Å². The Kier molecular flexibility index (Phi) is 3.26. The van der Waals surface area contributed by atoms with E-state index < -0.39 is 18.7 Å². The standard InChI is InChI=1S/C9H14BF3NO2/c1-9(2,3)16-8(15)14-5-7(6-14)4-10(11,12)13/h4H,5-6H2,1-3H3/q-1. The van der Waals surface area contributed by atoms with Gasteiger partial charge in [-0.3, -0.25) is 0 Å². The van der Waals surface area contributed by atoms with Gasteiger partial charge in [-0.25, -0.2) is 4.79 Å². The summed E-state index contributed by atoms with van der Waals surface area (Å²) in [7, 11) is 0. The molecule has 0 aromatic rings. The second kappa shape index (κ2) is 4.03. The van der Waals surface area contributed by atoms with Crippen LogP contribution in [0.25, 0.3) is 0 Å². The second-order valence-corrected chi connectivity index (χ2v) is 4.79. The molecule has 92 valence electrons. The van der Waals surface area contributed by atoms with Gasteiger partial charge in [-0.1, -0.05) is 5.57 Å². The largest absolute Gasteiger partial charge is 0.502 e. The Morgan fingerprint density at radius 2 is 1.88 bits per heavy atom. The molecule has 0 aromatic carbocycles. The predicted molar refractivity (Wildman–Crippen MR) is 55.0 cm³/mol. The lowest BCUT2D eigenvalue weighted by Gasteiger charge is -2.36. The van der Waals surface area contributed by atoms with Crippen molar-refractivity contribution in [3.8, 4) is 0 Å². The molecule has 0 N–H and O–H groups in total. The average molecular weight is 236 g/mol. The van der Waals surface area contributed by atoms with Crippen LogP contribution in [-0.4, -0.2) is 36.7 Å². The zero-order valence-electron chi connectivity index (χ0n) is 9.47. The summed E-state index contributed by atoms with van der Waals surface area (Å²) >= 11 is 0. The molecule has 1 aliphatic heterocycles. The molecule has 1 aliphatic rings. The van der Waals surface area contributed by atoms with Crippen LogP contribution in [0.1, 0.15) is 20.8 Å². The Labute approximate surface area is 92.3 Å². The zero-order chi connectivity index (χ0) is 12.6. The first-order chi connectivity index (χ1) is 7.07. The van der Waals surface area contributed by atoms with Gasteiger partial charge >= 0.3 is 13.1 Å². The van der Waals surface area contributed by atoms with E-state index in [0.717, 1.165) is 0 Å². The van der Waals surface area contributed by atoms with Gasteiger partial charge in [0.2, 0.25) is 0 Å². The van der Waals surface area contributed by atoms with Gasteiger partial charge in [0.15, 0.2) is 0 Å². The van der Waals surface area contributed by atoms with Crippen molar-refractivity contribution in [2.24, 2.45) is 0 Å². The number of halogens is 3. The molecule has 1 amide bonds. The summed E-state index contributed by atoms with van der Waals surface area (Å²) in [6, 6.07) is 0.